The first kappa shape index (κ1) is 13.4. The number of halogens is 2. The van der Waals surface area contributed by atoms with Gasteiger partial charge in [-0.1, -0.05) is 31.9 Å². The van der Waals surface area contributed by atoms with Gasteiger partial charge in [0.05, 0.1) is 11.9 Å². The standard InChI is InChI=1S/C6H10Br2N2O4S/c7-6(8)5(12)3(1-4(11)10-9)2-15(6,13)14/h3,5,12H,1-2,9H2,(H,10,11)/t3-,5+/m1/s1. The average Bonchev–Trinajstić information content (AvgIpc) is 2.27. The molecule has 0 saturated carbocycles. The normalized spacial score (nSPS) is 32.5. The van der Waals surface area contributed by atoms with E-state index in [1.807, 2.05) is 5.43 Å². The highest BCUT2D eigenvalue weighted by Gasteiger charge is 2.56. The number of alkyl halides is 2. The molecule has 6 nitrogen and oxygen atoms in total. The van der Waals surface area contributed by atoms with E-state index in [1.54, 1.807) is 0 Å². The fourth-order valence-corrected chi connectivity index (χ4v) is 4.60. The predicted molar refractivity (Wildman–Crippen MR) is 60.8 cm³/mol. The largest absolute Gasteiger partial charge is 0.389 e. The van der Waals surface area contributed by atoms with E-state index in [-0.39, 0.29) is 12.2 Å². The number of nitrogens with two attached hydrogens (primary N) is 1. The van der Waals surface area contributed by atoms with Gasteiger partial charge in [-0.2, -0.15) is 0 Å². The van der Waals surface area contributed by atoms with Crippen LogP contribution in [0.2, 0.25) is 0 Å². The van der Waals surface area contributed by atoms with E-state index in [0.29, 0.717) is 0 Å². The molecule has 0 aromatic heterocycles. The minimum Gasteiger partial charge on any atom is -0.389 e. The smallest absolute Gasteiger partial charge is 0.234 e. The first-order chi connectivity index (χ1) is 6.72. The van der Waals surface area contributed by atoms with Crippen LogP contribution < -0.4 is 11.3 Å². The zero-order chi connectivity index (χ0) is 11.9. The maximum atomic E-state index is 11.6. The number of sulfone groups is 1. The molecule has 0 spiro atoms. The Kier molecular flexibility index (Phi) is 3.82. The third-order valence-electron chi connectivity index (χ3n) is 2.25. The Labute approximate surface area is 104 Å². The fourth-order valence-electron chi connectivity index (χ4n) is 1.41. The van der Waals surface area contributed by atoms with Gasteiger partial charge in [0.15, 0.2) is 9.84 Å². The van der Waals surface area contributed by atoms with Crippen molar-refractivity contribution in [1.82, 2.24) is 5.43 Å². The number of carbonyl (C=O) groups is 1. The van der Waals surface area contributed by atoms with E-state index < -0.39 is 30.3 Å². The molecule has 1 heterocycles. The molecule has 1 aliphatic heterocycles. The lowest BCUT2D eigenvalue weighted by Gasteiger charge is -2.19. The summed E-state index contributed by atoms with van der Waals surface area (Å²) in [5.41, 5.74) is 1.89. The number of aliphatic hydroxyl groups excluding tert-OH is 1. The van der Waals surface area contributed by atoms with Crippen molar-refractivity contribution in [2.24, 2.45) is 11.8 Å². The Morgan fingerprint density at radius 3 is 2.47 bits per heavy atom. The van der Waals surface area contributed by atoms with Crippen LogP contribution in [0.15, 0.2) is 0 Å². The van der Waals surface area contributed by atoms with E-state index in [0.717, 1.165) is 0 Å². The summed E-state index contributed by atoms with van der Waals surface area (Å²) in [4.78, 5) is 11.0. The quantitative estimate of drug-likeness (QED) is 0.257. The van der Waals surface area contributed by atoms with Gasteiger partial charge in [0.25, 0.3) is 0 Å². The second kappa shape index (κ2) is 4.28. The van der Waals surface area contributed by atoms with Crippen LogP contribution in [-0.4, -0.2) is 33.9 Å². The molecule has 0 unspecified atom stereocenters. The van der Waals surface area contributed by atoms with E-state index in [2.05, 4.69) is 31.9 Å². The molecule has 4 N–H and O–H groups in total. The van der Waals surface area contributed by atoms with Crippen molar-refractivity contribution in [3.05, 3.63) is 0 Å². The first-order valence-corrected chi connectivity index (χ1v) is 7.24. The number of hydrogen-bond donors (Lipinski definition) is 3. The highest BCUT2D eigenvalue weighted by Crippen LogP contribution is 2.47. The molecular formula is C6H10Br2N2O4S. The molecular weight excluding hydrogens is 356 g/mol. The lowest BCUT2D eigenvalue weighted by atomic mass is 10.0. The lowest BCUT2D eigenvalue weighted by Crippen LogP contribution is -2.36. The van der Waals surface area contributed by atoms with Crippen molar-refractivity contribution in [2.45, 2.75) is 15.1 Å². The van der Waals surface area contributed by atoms with Crippen LogP contribution in [0.3, 0.4) is 0 Å². The molecule has 1 amide bonds. The number of amides is 1. The average molecular weight is 366 g/mol. The van der Waals surface area contributed by atoms with Gasteiger partial charge < -0.3 is 5.11 Å². The maximum Gasteiger partial charge on any atom is 0.234 e. The van der Waals surface area contributed by atoms with Gasteiger partial charge in [-0.3, -0.25) is 10.2 Å². The Morgan fingerprint density at radius 2 is 2.13 bits per heavy atom. The van der Waals surface area contributed by atoms with Crippen LogP contribution in [-0.2, 0) is 14.6 Å². The third kappa shape index (κ3) is 2.36. The highest BCUT2D eigenvalue weighted by molar-refractivity contribution is 9.28. The summed E-state index contributed by atoms with van der Waals surface area (Å²) in [7, 11) is -3.51. The molecule has 0 aromatic rings. The number of aliphatic hydroxyl groups is 1. The number of nitrogens with one attached hydrogen (secondary N) is 1. The Morgan fingerprint density at radius 1 is 1.60 bits per heavy atom. The second-order valence-corrected chi connectivity index (χ2v) is 10.1. The van der Waals surface area contributed by atoms with Crippen molar-refractivity contribution >= 4 is 47.6 Å². The molecule has 0 bridgehead atoms. The van der Waals surface area contributed by atoms with Gasteiger partial charge in [-0.15, -0.1) is 0 Å². The second-order valence-electron chi connectivity index (χ2n) is 3.32. The van der Waals surface area contributed by atoms with Crippen LogP contribution in [0, 0.1) is 5.92 Å². The van der Waals surface area contributed by atoms with E-state index in [1.165, 1.54) is 0 Å². The number of rotatable bonds is 2. The maximum absolute atomic E-state index is 11.6. The molecule has 1 fully saturated rings. The summed E-state index contributed by atoms with van der Waals surface area (Å²) in [5.74, 6) is 3.43. The van der Waals surface area contributed by atoms with Crippen molar-refractivity contribution in [1.29, 1.82) is 0 Å². The first-order valence-electron chi connectivity index (χ1n) is 4.00. The van der Waals surface area contributed by atoms with Crippen LogP contribution in [0.4, 0.5) is 0 Å². The van der Waals surface area contributed by atoms with Crippen LogP contribution in [0.5, 0.6) is 0 Å². The van der Waals surface area contributed by atoms with Crippen LogP contribution in [0.25, 0.3) is 0 Å². The van der Waals surface area contributed by atoms with Crippen LogP contribution >= 0.6 is 31.9 Å². The molecule has 15 heavy (non-hydrogen) atoms. The zero-order valence-electron chi connectivity index (χ0n) is 7.48. The topological polar surface area (TPSA) is 109 Å². The monoisotopic (exact) mass is 364 g/mol. The molecule has 1 aliphatic rings. The minimum atomic E-state index is -3.51. The summed E-state index contributed by atoms with van der Waals surface area (Å²) in [6.45, 7) is 0. The number of carbonyl (C=O) groups excluding carboxylic acids is 1. The fraction of sp³-hybridized carbons (Fsp3) is 0.833. The number of hydrogen-bond acceptors (Lipinski definition) is 5. The molecule has 1 saturated heterocycles. The Bertz CT molecular complexity index is 369. The molecule has 2 atom stereocenters. The lowest BCUT2D eigenvalue weighted by molar-refractivity contribution is -0.122. The predicted octanol–water partition coefficient (Wildman–Crippen LogP) is -0.784. The van der Waals surface area contributed by atoms with Gasteiger partial charge in [0, 0.05) is 12.3 Å². The van der Waals surface area contributed by atoms with Crippen LogP contribution in [0.1, 0.15) is 6.42 Å². The molecule has 0 aromatic carbocycles. The SMILES string of the molecule is NNC(=O)C[C@@H]1CS(=O)(=O)C(Br)(Br)[C@H]1O. The Balaban J connectivity index is 2.87. The zero-order valence-corrected chi connectivity index (χ0v) is 11.5. The van der Waals surface area contributed by atoms with E-state index in [4.69, 9.17) is 5.84 Å². The summed E-state index contributed by atoms with van der Waals surface area (Å²) in [6, 6.07) is 0. The van der Waals surface area contributed by atoms with Gasteiger partial charge in [0.2, 0.25) is 8.47 Å². The molecule has 0 aliphatic carbocycles. The van der Waals surface area contributed by atoms with Crippen molar-refractivity contribution in [3.63, 3.8) is 0 Å². The third-order valence-corrected chi connectivity index (χ3v) is 8.08. The minimum absolute atomic E-state index is 0.129. The Hall–Kier alpha value is 0.300. The number of hydrazine groups is 1. The molecule has 1 rings (SSSR count). The van der Waals surface area contributed by atoms with Crippen molar-refractivity contribution in [2.75, 3.05) is 5.75 Å². The van der Waals surface area contributed by atoms with E-state index >= 15 is 0 Å². The molecule has 9 heteroatoms. The van der Waals surface area contributed by atoms with Gasteiger partial charge in [-0.05, 0) is 0 Å². The summed E-state index contributed by atoms with van der Waals surface area (Å²) in [6.07, 6.45) is -1.32. The summed E-state index contributed by atoms with van der Waals surface area (Å²) < 4.78 is 21.6. The van der Waals surface area contributed by atoms with Gasteiger partial charge >= 0.3 is 0 Å². The van der Waals surface area contributed by atoms with Crippen molar-refractivity contribution < 1.29 is 18.3 Å². The summed E-state index contributed by atoms with van der Waals surface area (Å²) >= 11 is 5.79. The molecule has 0 radical (unpaired) electrons. The van der Waals surface area contributed by atoms with Gasteiger partial charge in [-0.25, -0.2) is 14.3 Å². The highest BCUT2D eigenvalue weighted by atomic mass is 79.9. The van der Waals surface area contributed by atoms with Crippen molar-refractivity contribution in [3.8, 4) is 0 Å². The summed E-state index contributed by atoms with van der Waals surface area (Å²) in [5, 5.41) is 9.70. The van der Waals surface area contributed by atoms with E-state index in [9.17, 15) is 18.3 Å². The molecule has 88 valence electrons. The van der Waals surface area contributed by atoms with Gasteiger partial charge in [0.1, 0.15) is 0 Å².